The minimum atomic E-state index is -0.781. The Labute approximate surface area is 174 Å². The summed E-state index contributed by atoms with van der Waals surface area (Å²) in [5.74, 6) is 0.0383. The van der Waals surface area contributed by atoms with Crippen LogP contribution in [0.15, 0.2) is 46.9 Å². The number of carbonyl (C=O) groups is 3. The van der Waals surface area contributed by atoms with Gasteiger partial charge < -0.3 is 24.3 Å². The van der Waals surface area contributed by atoms with Gasteiger partial charge in [0.2, 0.25) is 0 Å². The molecule has 2 aromatic rings. The van der Waals surface area contributed by atoms with Gasteiger partial charge in [-0.05, 0) is 36.4 Å². The molecule has 0 bridgehead atoms. The Morgan fingerprint density at radius 2 is 1.69 bits per heavy atom. The SMILES string of the molecule is O=C(COC(=O)COc1ccc(Br)cc1)NC(=O)Nc1ccc2c(c1)OCCO2. The zero-order valence-electron chi connectivity index (χ0n) is 15.1. The molecule has 3 amide bonds. The molecule has 0 aliphatic carbocycles. The number of rotatable bonds is 6. The van der Waals surface area contributed by atoms with Gasteiger partial charge in [0, 0.05) is 16.2 Å². The van der Waals surface area contributed by atoms with Crippen molar-refractivity contribution in [2.45, 2.75) is 0 Å². The summed E-state index contributed by atoms with van der Waals surface area (Å²) < 4.78 is 21.7. The maximum Gasteiger partial charge on any atom is 0.344 e. The third kappa shape index (κ3) is 6.39. The van der Waals surface area contributed by atoms with Crippen LogP contribution >= 0.6 is 15.9 Å². The van der Waals surface area contributed by atoms with Gasteiger partial charge in [0.1, 0.15) is 19.0 Å². The van der Waals surface area contributed by atoms with Gasteiger partial charge >= 0.3 is 12.0 Å². The van der Waals surface area contributed by atoms with Crippen LogP contribution in [0.1, 0.15) is 0 Å². The smallest absolute Gasteiger partial charge is 0.344 e. The van der Waals surface area contributed by atoms with E-state index in [4.69, 9.17) is 18.9 Å². The Balaban J connectivity index is 1.38. The third-order valence-corrected chi connectivity index (χ3v) is 4.12. The summed E-state index contributed by atoms with van der Waals surface area (Å²) >= 11 is 3.29. The predicted molar refractivity (Wildman–Crippen MR) is 105 cm³/mol. The summed E-state index contributed by atoms with van der Waals surface area (Å²) in [5, 5.41) is 4.55. The normalized spacial score (nSPS) is 11.9. The lowest BCUT2D eigenvalue weighted by atomic mass is 10.2. The Bertz CT molecular complexity index is 902. The number of halogens is 1. The van der Waals surface area contributed by atoms with Crippen molar-refractivity contribution in [3.8, 4) is 17.2 Å². The van der Waals surface area contributed by atoms with Gasteiger partial charge in [-0.15, -0.1) is 0 Å². The van der Waals surface area contributed by atoms with Gasteiger partial charge in [0.15, 0.2) is 24.7 Å². The highest BCUT2D eigenvalue weighted by atomic mass is 79.9. The topological polar surface area (TPSA) is 112 Å². The van der Waals surface area contributed by atoms with Crippen LogP contribution < -0.4 is 24.8 Å². The van der Waals surface area contributed by atoms with Crippen molar-refractivity contribution in [2.24, 2.45) is 0 Å². The van der Waals surface area contributed by atoms with Crippen molar-refractivity contribution < 1.29 is 33.3 Å². The molecular formula is C19H17BrN2O7. The average molecular weight is 465 g/mol. The highest BCUT2D eigenvalue weighted by molar-refractivity contribution is 9.10. The minimum absolute atomic E-state index is 0.363. The molecule has 3 rings (SSSR count). The van der Waals surface area contributed by atoms with E-state index in [0.717, 1.165) is 4.47 Å². The Hall–Kier alpha value is -3.27. The number of hydrogen-bond donors (Lipinski definition) is 2. The second-order valence-corrected chi connectivity index (χ2v) is 6.68. The number of hydrogen-bond acceptors (Lipinski definition) is 7. The van der Waals surface area contributed by atoms with Gasteiger partial charge in [-0.25, -0.2) is 9.59 Å². The highest BCUT2D eigenvalue weighted by Crippen LogP contribution is 2.32. The molecule has 2 aromatic carbocycles. The summed E-state index contributed by atoms with van der Waals surface area (Å²) in [5.41, 5.74) is 0.416. The van der Waals surface area contributed by atoms with E-state index in [1.54, 1.807) is 42.5 Å². The minimum Gasteiger partial charge on any atom is -0.486 e. The molecule has 0 unspecified atom stereocenters. The summed E-state index contributed by atoms with van der Waals surface area (Å²) in [6.45, 7) is -0.102. The average Bonchev–Trinajstić information content (AvgIpc) is 2.71. The van der Waals surface area contributed by atoms with E-state index in [0.29, 0.717) is 36.1 Å². The quantitative estimate of drug-likeness (QED) is 0.631. The van der Waals surface area contributed by atoms with Gasteiger partial charge in [0.25, 0.3) is 5.91 Å². The first-order valence-electron chi connectivity index (χ1n) is 8.54. The van der Waals surface area contributed by atoms with Crippen LogP contribution in [-0.2, 0) is 14.3 Å². The number of ether oxygens (including phenoxy) is 4. The lowest BCUT2D eigenvalue weighted by Crippen LogP contribution is -2.37. The Kier molecular flexibility index (Phi) is 6.90. The monoisotopic (exact) mass is 464 g/mol. The number of esters is 1. The molecule has 2 N–H and O–H groups in total. The molecule has 0 aromatic heterocycles. The van der Waals surface area contributed by atoms with Crippen molar-refractivity contribution in [2.75, 3.05) is 31.7 Å². The van der Waals surface area contributed by atoms with E-state index in [9.17, 15) is 14.4 Å². The first kappa shape index (κ1) is 20.5. The Morgan fingerprint density at radius 3 is 2.45 bits per heavy atom. The predicted octanol–water partition coefficient (Wildman–Crippen LogP) is 2.49. The van der Waals surface area contributed by atoms with Gasteiger partial charge in [-0.1, -0.05) is 15.9 Å². The zero-order chi connectivity index (χ0) is 20.6. The fraction of sp³-hybridized carbons (Fsp3) is 0.211. The van der Waals surface area contributed by atoms with E-state index in [1.807, 2.05) is 0 Å². The van der Waals surface area contributed by atoms with Crippen LogP contribution in [0.5, 0.6) is 17.2 Å². The number of imide groups is 1. The van der Waals surface area contributed by atoms with Crippen LogP contribution in [0.2, 0.25) is 0 Å². The van der Waals surface area contributed by atoms with Crippen LogP contribution in [0, 0.1) is 0 Å². The molecule has 0 saturated heterocycles. The third-order valence-electron chi connectivity index (χ3n) is 3.59. The second kappa shape index (κ2) is 9.78. The molecule has 1 heterocycles. The molecule has 0 spiro atoms. The van der Waals surface area contributed by atoms with Crippen LogP contribution in [0.4, 0.5) is 10.5 Å². The molecule has 0 fully saturated rings. The maximum absolute atomic E-state index is 11.9. The van der Waals surface area contributed by atoms with Crippen LogP contribution in [0.3, 0.4) is 0 Å². The van der Waals surface area contributed by atoms with Crippen LogP contribution in [0.25, 0.3) is 0 Å². The van der Waals surface area contributed by atoms with Crippen molar-refractivity contribution in [3.63, 3.8) is 0 Å². The standard InChI is InChI=1S/C19H17BrN2O7/c20-12-1-4-14(5-2-12)28-11-18(24)29-10-17(23)22-19(25)21-13-3-6-15-16(9-13)27-8-7-26-15/h1-6,9H,7-8,10-11H2,(H2,21,22,23,25). The number of anilines is 1. The lowest BCUT2D eigenvalue weighted by molar-refractivity contribution is -0.150. The number of carbonyl (C=O) groups excluding carboxylic acids is 3. The van der Waals surface area contributed by atoms with Crippen molar-refractivity contribution in [3.05, 3.63) is 46.9 Å². The van der Waals surface area contributed by atoms with Gasteiger partial charge in [0.05, 0.1) is 0 Å². The summed E-state index contributed by atoms with van der Waals surface area (Å²) in [6, 6.07) is 10.9. The molecule has 1 aliphatic heterocycles. The maximum atomic E-state index is 11.9. The van der Waals surface area contributed by atoms with Crippen molar-refractivity contribution >= 4 is 39.5 Å². The Morgan fingerprint density at radius 1 is 0.966 bits per heavy atom. The summed E-state index contributed by atoms with van der Waals surface area (Å²) in [7, 11) is 0. The lowest BCUT2D eigenvalue weighted by Gasteiger charge is -2.19. The summed E-state index contributed by atoms with van der Waals surface area (Å²) in [4.78, 5) is 35.3. The number of amides is 3. The molecule has 0 saturated carbocycles. The molecule has 0 atom stereocenters. The molecule has 10 heteroatoms. The van der Waals surface area contributed by atoms with E-state index in [1.165, 1.54) is 0 Å². The van der Waals surface area contributed by atoms with Crippen molar-refractivity contribution in [1.29, 1.82) is 0 Å². The second-order valence-electron chi connectivity index (χ2n) is 5.76. The molecule has 9 nitrogen and oxygen atoms in total. The molecule has 1 aliphatic rings. The largest absolute Gasteiger partial charge is 0.486 e. The van der Waals surface area contributed by atoms with E-state index in [2.05, 4.69) is 26.6 Å². The van der Waals surface area contributed by atoms with E-state index in [-0.39, 0.29) is 6.61 Å². The molecule has 29 heavy (non-hydrogen) atoms. The highest BCUT2D eigenvalue weighted by Gasteiger charge is 2.15. The first-order chi connectivity index (χ1) is 14.0. The number of benzene rings is 2. The van der Waals surface area contributed by atoms with Crippen LogP contribution in [-0.4, -0.2) is 44.3 Å². The molecule has 0 radical (unpaired) electrons. The molecule has 152 valence electrons. The fourth-order valence-electron chi connectivity index (χ4n) is 2.31. The fourth-order valence-corrected chi connectivity index (χ4v) is 2.57. The van der Waals surface area contributed by atoms with Gasteiger partial charge in [-0.2, -0.15) is 0 Å². The first-order valence-corrected chi connectivity index (χ1v) is 9.33. The van der Waals surface area contributed by atoms with Crippen molar-refractivity contribution in [1.82, 2.24) is 5.32 Å². The van der Waals surface area contributed by atoms with E-state index < -0.39 is 24.5 Å². The zero-order valence-corrected chi connectivity index (χ0v) is 16.7. The number of urea groups is 1. The number of fused-ring (bicyclic) bond motifs is 1. The molecular weight excluding hydrogens is 448 g/mol. The van der Waals surface area contributed by atoms with Gasteiger partial charge in [-0.3, -0.25) is 10.1 Å². The van der Waals surface area contributed by atoms with E-state index >= 15 is 0 Å². The number of nitrogens with one attached hydrogen (secondary N) is 2. The summed E-state index contributed by atoms with van der Waals surface area (Å²) in [6.07, 6.45) is 0.